The third kappa shape index (κ3) is 2.17. The predicted octanol–water partition coefficient (Wildman–Crippen LogP) is 1.77. The van der Waals surface area contributed by atoms with Gasteiger partial charge in [-0.15, -0.1) is 0 Å². The Morgan fingerprint density at radius 3 is 2.69 bits per heavy atom. The number of rotatable bonds is 1. The van der Waals surface area contributed by atoms with Crippen LogP contribution >= 0.6 is 11.8 Å². The molecule has 0 aromatic heterocycles. The van der Waals surface area contributed by atoms with Crippen molar-refractivity contribution in [2.75, 3.05) is 18.1 Å². The summed E-state index contributed by atoms with van der Waals surface area (Å²) in [6.45, 7) is 1.08. The van der Waals surface area contributed by atoms with Crippen molar-refractivity contribution >= 4 is 11.8 Å². The van der Waals surface area contributed by atoms with Gasteiger partial charge in [0.25, 0.3) is 0 Å². The maximum atomic E-state index is 9.13. The summed E-state index contributed by atoms with van der Waals surface area (Å²) in [5, 5.41) is 12.6. The minimum absolute atomic E-state index is 0.340. The van der Waals surface area contributed by atoms with Crippen molar-refractivity contribution < 1.29 is 5.11 Å². The molecule has 1 aromatic carbocycles. The first-order valence-corrected chi connectivity index (χ1v) is 5.62. The van der Waals surface area contributed by atoms with Crippen LogP contribution in [0.1, 0.15) is 11.6 Å². The van der Waals surface area contributed by atoms with Crippen LogP contribution in [-0.4, -0.2) is 23.2 Å². The first kappa shape index (κ1) is 8.91. The highest BCUT2D eigenvalue weighted by molar-refractivity contribution is 7.99. The number of phenolic OH excluding ortho intramolecular Hbond substituents is 1. The van der Waals surface area contributed by atoms with E-state index < -0.39 is 0 Å². The number of nitrogens with one attached hydrogen (secondary N) is 1. The fraction of sp³-hybridized carbons (Fsp3) is 0.400. The lowest BCUT2D eigenvalue weighted by Gasteiger charge is -2.23. The molecular formula is C10H13NOS. The molecule has 1 aliphatic rings. The fourth-order valence-corrected chi connectivity index (χ4v) is 2.46. The summed E-state index contributed by atoms with van der Waals surface area (Å²) in [7, 11) is 0. The second-order valence-corrected chi connectivity index (χ2v) is 4.32. The Hall–Kier alpha value is -0.670. The molecule has 0 bridgehead atoms. The Labute approximate surface area is 82.4 Å². The Morgan fingerprint density at radius 2 is 2.08 bits per heavy atom. The molecule has 3 heteroatoms. The quantitative estimate of drug-likeness (QED) is 0.716. The summed E-state index contributed by atoms with van der Waals surface area (Å²) in [6.07, 6.45) is 0. The number of aromatic hydroxyl groups is 1. The maximum absolute atomic E-state index is 9.13. The van der Waals surface area contributed by atoms with Crippen LogP contribution < -0.4 is 5.32 Å². The van der Waals surface area contributed by atoms with Crippen LogP contribution in [0.25, 0.3) is 0 Å². The monoisotopic (exact) mass is 195 g/mol. The molecule has 1 atom stereocenters. The number of hydrogen-bond donors (Lipinski definition) is 2. The van der Waals surface area contributed by atoms with Gasteiger partial charge in [-0.2, -0.15) is 11.8 Å². The van der Waals surface area contributed by atoms with E-state index in [9.17, 15) is 0 Å². The molecule has 70 valence electrons. The summed E-state index contributed by atoms with van der Waals surface area (Å²) in [4.78, 5) is 0. The molecule has 2 rings (SSSR count). The summed E-state index contributed by atoms with van der Waals surface area (Å²) in [6, 6.07) is 7.92. The van der Waals surface area contributed by atoms with E-state index >= 15 is 0 Å². The molecule has 0 aliphatic carbocycles. The standard InChI is InChI=1S/C10H13NOS/c12-9-3-1-8(2-4-9)10-7-13-6-5-11-10/h1-4,10-12H,5-7H2. The van der Waals surface area contributed by atoms with Gasteiger partial charge in [-0.05, 0) is 17.7 Å². The van der Waals surface area contributed by atoms with E-state index in [1.165, 1.54) is 11.3 Å². The van der Waals surface area contributed by atoms with Gasteiger partial charge in [-0.25, -0.2) is 0 Å². The van der Waals surface area contributed by atoms with Crippen LogP contribution in [0.5, 0.6) is 5.75 Å². The van der Waals surface area contributed by atoms with Crippen LogP contribution in [0, 0.1) is 0 Å². The van der Waals surface area contributed by atoms with E-state index in [0.717, 1.165) is 12.3 Å². The third-order valence-corrected chi connectivity index (χ3v) is 3.28. The molecule has 1 saturated heterocycles. The fourth-order valence-electron chi connectivity index (χ4n) is 1.49. The summed E-state index contributed by atoms with van der Waals surface area (Å²) in [5.41, 5.74) is 1.27. The van der Waals surface area contributed by atoms with E-state index in [0.29, 0.717) is 11.8 Å². The second kappa shape index (κ2) is 4.03. The average molecular weight is 195 g/mol. The molecule has 0 amide bonds. The van der Waals surface area contributed by atoms with Crippen LogP contribution in [0.15, 0.2) is 24.3 Å². The molecule has 1 heterocycles. The van der Waals surface area contributed by atoms with Crippen LogP contribution in [0.4, 0.5) is 0 Å². The summed E-state index contributed by atoms with van der Waals surface area (Å²) >= 11 is 1.98. The van der Waals surface area contributed by atoms with Crippen LogP contribution in [-0.2, 0) is 0 Å². The molecule has 1 aliphatic heterocycles. The van der Waals surface area contributed by atoms with Gasteiger partial charge in [0.05, 0.1) is 0 Å². The van der Waals surface area contributed by atoms with Gasteiger partial charge in [0.2, 0.25) is 0 Å². The number of thioether (sulfide) groups is 1. The van der Waals surface area contributed by atoms with Gasteiger partial charge in [-0.3, -0.25) is 0 Å². The third-order valence-electron chi connectivity index (χ3n) is 2.22. The maximum Gasteiger partial charge on any atom is 0.115 e. The molecular weight excluding hydrogens is 182 g/mol. The zero-order valence-corrected chi connectivity index (χ0v) is 8.18. The Bertz CT molecular complexity index is 267. The van der Waals surface area contributed by atoms with E-state index in [1.54, 1.807) is 12.1 Å². The normalized spacial score (nSPS) is 22.9. The lowest BCUT2D eigenvalue weighted by atomic mass is 10.1. The van der Waals surface area contributed by atoms with E-state index in [4.69, 9.17) is 5.11 Å². The number of benzene rings is 1. The van der Waals surface area contributed by atoms with E-state index in [2.05, 4.69) is 5.32 Å². The van der Waals surface area contributed by atoms with Crippen molar-refractivity contribution in [3.05, 3.63) is 29.8 Å². The SMILES string of the molecule is Oc1ccc(C2CSCCN2)cc1. The Kier molecular flexibility index (Phi) is 2.76. The molecule has 1 fully saturated rings. The number of phenols is 1. The lowest BCUT2D eigenvalue weighted by molar-refractivity contribution is 0.474. The van der Waals surface area contributed by atoms with Gasteiger partial charge in [-0.1, -0.05) is 12.1 Å². The van der Waals surface area contributed by atoms with E-state index in [-0.39, 0.29) is 0 Å². The van der Waals surface area contributed by atoms with Crippen molar-refractivity contribution in [2.45, 2.75) is 6.04 Å². The second-order valence-electron chi connectivity index (χ2n) is 3.17. The zero-order chi connectivity index (χ0) is 9.10. The van der Waals surface area contributed by atoms with Gasteiger partial charge in [0.1, 0.15) is 5.75 Å². The molecule has 0 spiro atoms. The van der Waals surface area contributed by atoms with Crippen molar-refractivity contribution in [1.82, 2.24) is 5.32 Å². The lowest BCUT2D eigenvalue weighted by Crippen LogP contribution is -2.30. The van der Waals surface area contributed by atoms with Gasteiger partial charge in [0, 0.05) is 24.1 Å². The topological polar surface area (TPSA) is 32.3 Å². The molecule has 0 saturated carbocycles. The molecule has 1 unspecified atom stereocenters. The van der Waals surface area contributed by atoms with Gasteiger partial charge in [0.15, 0.2) is 0 Å². The largest absolute Gasteiger partial charge is 0.508 e. The first-order valence-electron chi connectivity index (χ1n) is 4.46. The zero-order valence-electron chi connectivity index (χ0n) is 7.36. The highest BCUT2D eigenvalue weighted by Crippen LogP contribution is 2.23. The van der Waals surface area contributed by atoms with Crippen LogP contribution in [0.2, 0.25) is 0 Å². The molecule has 2 N–H and O–H groups in total. The van der Waals surface area contributed by atoms with Crippen molar-refractivity contribution in [1.29, 1.82) is 0 Å². The predicted molar refractivity (Wildman–Crippen MR) is 56.2 cm³/mol. The first-order chi connectivity index (χ1) is 6.36. The van der Waals surface area contributed by atoms with Crippen molar-refractivity contribution in [2.24, 2.45) is 0 Å². The summed E-state index contributed by atoms with van der Waals surface area (Å²) in [5.74, 6) is 2.67. The molecule has 13 heavy (non-hydrogen) atoms. The molecule has 2 nitrogen and oxygen atoms in total. The van der Waals surface area contributed by atoms with Crippen LogP contribution in [0.3, 0.4) is 0 Å². The van der Waals surface area contributed by atoms with Gasteiger partial charge < -0.3 is 10.4 Å². The Morgan fingerprint density at radius 1 is 1.31 bits per heavy atom. The number of hydrogen-bond acceptors (Lipinski definition) is 3. The summed E-state index contributed by atoms with van der Waals surface area (Å²) < 4.78 is 0. The van der Waals surface area contributed by atoms with Crippen molar-refractivity contribution in [3.8, 4) is 5.75 Å². The minimum atomic E-state index is 0.340. The highest BCUT2D eigenvalue weighted by Gasteiger charge is 2.14. The minimum Gasteiger partial charge on any atom is -0.508 e. The Balaban J connectivity index is 2.10. The van der Waals surface area contributed by atoms with E-state index in [1.807, 2.05) is 23.9 Å². The highest BCUT2D eigenvalue weighted by atomic mass is 32.2. The molecule has 1 aromatic rings. The average Bonchev–Trinajstić information content (AvgIpc) is 2.20. The molecule has 0 radical (unpaired) electrons. The van der Waals surface area contributed by atoms with Crippen molar-refractivity contribution in [3.63, 3.8) is 0 Å². The smallest absolute Gasteiger partial charge is 0.115 e. The van der Waals surface area contributed by atoms with Gasteiger partial charge >= 0.3 is 0 Å².